The minimum Gasteiger partial charge on any atom is -0.0619 e. The van der Waals surface area contributed by atoms with Gasteiger partial charge in [-0.15, -0.1) is 0 Å². The van der Waals surface area contributed by atoms with Crippen molar-refractivity contribution in [2.24, 2.45) is 5.92 Å². The van der Waals surface area contributed by atoms with Gasteiger partial charge in [0.15, 0.2) is 0 Å². The Kier molecular flexibility index (Phi) is 1.99. The fourth-order valence-corrected chi connectivity index (χ4v) is 1.74. The van der Waals surface area contributed by atoms with Gasteiger partial charge in [0.05, 0.1) is 0 Å². The predicted molar refractivity (Wildman–Crippen MR) is 50.6 cm³/mol. The van der Waals surface area contributed by atoms with E-state index in [0.717, 1.165) is 5.92 Å². The summed E-state index contributed by atoms with van der Waals surface area (Å²) in [6.07, 6.45) is 4.13. The van der Waals surface area contributed by atoms with Crippen molar-refractivity contribution in [2.75, 3.05) is 0 Å². The summed E-state index contributed by atoms with van der Waals surface area (Å²) in [6.45, 7) is 0. The lowest BCUT2D eigenvalue weighted by Gasteiger charge is -2.00. The smallest absolute Gasteiger partial charge is 0.0207 e. The average molecular weight is 211 g/mol. The summed E-state index contributed by atoms with van der Waals surface area (Å²) in [7, 11) is 0. The molecule has 1 aliphatic rings. The SMILES string of the molecule is Brc1ccccc1CC1CC1. The molecule has 0 unspecified atom stereocenters. The van der Waals surface area contributed by atoms with Gasteiger partial charge in [-0.2, -0.15) is 0 Å². The highest BCUT2D eigenvalue weighted by Gasteiger charge is 2.21. The Balaban J connectivity index is 2.15. The zero-order valence-corrected chi connectivity index (χ0v) is 7.97. The molecule has 0 nitrogen and oxygen atoms in total. The largest absolute Gasteiger partial charge is 0.0619 e. The molecule has 0 bridgehead atoms. The van der Waals surface area contributed by atoms with Crippen molar-refractivity contribution >= 4 is 15.9 Å². The van der Waals surface area contributed by atoms with Gasteiger partial charge in [0.1, 0.15) is 0 Å². The Morgan fingerprint density at radius 3 is 2.64 bits per heavy atom. The molecule has 11 heavy (non-hydrogen) atoms. The number of hydrogen-bond donors (Lipinski definition) is 0. The second-order valence-corrected chi connectivity index (χ2v) is 4.09. The Morgan fingerprint density at radius 2 is 2.00 bits per heavy atom. The zero-order valence-electron chi connectivity index (χ0n) is 6.39. The Labute approximate surface area is 75.8 Å². The summed E-state index contributed by atoms with van der Waals surface area (Å²) < 4.78 is 1.27. The summed E-state index contributed by atoms with van der Waals surface area (Å²) in [5.74, 6) is 0.980. The van der Waals surface area contributed by atoms with Gasteiger partial charge in [0.2, 0.25) is 0 Å². The number of halogens is 1. The van der Waals surface area contributed by atoms with Crippen molar-refractivity contribution in [1.82, 2.24) is 0 Å². The van der Waals surface area contributed by atoms with Crippen LogP contribution in [0.5, 0.6) is 0 Å². The molecule has 58 valence electrons. The third kappa shape index (κ3) is 1.84. The van der Waals surface area contributed by atoms with E-state index in [-0.39, 0.29) is 0 Å². The maximum absolute atomic E-state index is 3.55. The van der Waals surface area contributed by atoms with E-state index in [4.69, 9.17) is 0 Å². The van der Waals surface area contributed by atoms with Crippen LogP contribution in [0.4, 0.5) is 0 Å². The minimum atomic E-state index is 0.980. The fourth-order valence-electron chi connectivity index (χ4n) is 1.30. The van der Waals surface area contributed by atoms with E-state index < -0.39 is 0 Å². The van der Waals surface area contributed by atoms with Gasteiger partial charge in [-0.1, -0.05) is 34.1 Å². The normalized spacial score (nSPS) is 16.8. The summed E-state index contributed by atoms with van der Waals surface area (Å²) >= 11 is 3.55. The molecule has 1 fully saturated rings. The molecule has 0 saturated heterocycles. The third-order valence-electron chi connectivity index (χ3n) is 2.16. The van der Waals surface area contributed by atoms with Crippen LogP contribution in [0.25, 0.3) is 0 Å². The minimum absolute atomic E-state index is 0.980. The van der Waals surface area contributed by atoms with Crippen LogP contribution < -0.4 is 0 Å². The lowest BCUT2D eigenvalue weighted by molar-refractivity contribution is 0.829. The molecule has 1 aromatic rings. The van der Waals surface area contributed by atoms with E-state index >= 15 is 0 Å². The van der Waals surface area contributed by atoms with Gasteiger partial charge in [-0.3, -0.25) is 0 Å². The Morgan fingerprint density at radius 1 is 1.27 bits per heavy atom. The predicted octanol–water partition coefficient (Wildman–Crippen LogP) is 3.40. The van der Waals surface area contributed by atoms with Crippen LogP contribution in [0.15, 0.2) is 28.7 Å². The van der Waals surface area contributed by atoms with Gasteiger partial charge in [-0.05, 0) is 36.8 Å². The molecule has 0 atom stereocenters. The van der Waals surface area contributed by atoms with Gasteiger partial charge in [0, 0.05) is 4.47 Å². The first kappa shape index (κ1) is 7.35. The summed E-state index contributed by atoms with van der Waals surface area (Å²) in [5.41, 5.74) is 1.47. The molecule has 1 aliphatic carbocycles. The monoisotopic (exact) mass is 210 g/mol. The molecule has 0 heterocycles. The van der Waals surface area contributed by atoms with Crippen molar-refractivity contribution in [2.45, 2.75) is 19.3 Å². The van der Waals surface area contributed by atoms with Crippen LogP contribution in [-0.4, -0.2) is 0 Å². The molecule has 0 N–H and O–H groups in total. The topological polar surface area (TPSA) is 0 Å². The molecular formula is C10H11Br. The van der Waals surface area contributed by atoms with E-state index in [0.29, 0.717) is 0 Å². The van der Waals surface area contributed by atoms with Crippen LogP contribution in [0, 0.1) is 5.92 Å². The summed E-state index contributed by atoms with van der Waals surface area (Å²) in [6, 6.07) is 8.52. The highest BCUT2D eigenvalue weighted by atomic mass is 79.9. The van der Waals surface area contributed by atoms with Crippen molar-refractivity contribution in [3.8, 4) is 0 Å². The molecule has 1 aromatic carbocycles. The van der Waals surface area contributed by atoms with Gasteiger partial charge in [-0.25, -0.2) is 0 Å². The standard InChI is InChI=1S/C10H11Br/c11-10-4-2-1-3-9(10)7-8-5-6-8/h1-4,8H,5-7H2. The molecule has 0 spiro atoms. The third-order valence-corrected chi connectivity index (χ3v) is 2.94. The van der Waals surface area contributed by atoms with Gasteiger partial charge >= 0.3 is 0 Å². The van der Waals surface area contributed by atoms with Crippen molar-refractivity contribution in [3.05, 3.63) is 34.3 Å². The number of benzene rings is 1. The van der Waals surface area contributed by atoms with Gasteiger partial charge in [0.25, 0.3) is 0 Å². The van der Waals surface area contributed by atoms with Crippen molar-refractivity contribution in [1.29, 1.82) is 0 Å². The average Bonchev–Trinajstić information content (AvgIpc) is 2.78. The Hall–Kier alpha value is -0.300. The molecular weight excluding hydrogens is 200 g/mol. The quantitative estimate of drug-likeness (QED) is 0.703. The van der Waals surface area contributed by atoms with Crippen molar-refractivity contribution < 1.29 is 0 Å². The van der Waals surface area contributed by atoms with E-state index in [1.165, 1.54) is 29.3 Å². The zero-order chi connectivity index (χ0) is 7.68. The number of hydrogen-bond acceptors (Lipinski definition) is 0. The van der Waals surface area contributed by atoms with Crippen LogP contribution in [0.2, 0.25) is 0 Å². The van der Waals surface area contributed by atoms with E-state index in [1.54, 1.807) is 0 Å². The summed E-state index contributed by atoms with van der Waals surface area (Å²) in [4.78, 5) is 0. The molecule has 1 saturated carbocycles. The molecule has 2 rings (SSSR count). The molecule has 0 aliphatic heterocycles. The molecule has 0 amide bonds. The first-order chi connectivity index (χ1) is 5.36. The summed E-state index contributed by atoms with van der Waals surface area (Å²) in [5, 5.41) is 0. The van der Waals surface area contributed by atoms with E-state index in [1.807, 2.05) is 0 Å². The second-order valence-electron chi connectivity index (χ2n) is 3.24. The number of rotatable bonds is 2. The highest BCUT2D eigenvalue weighted by Crippen LogP contribution is 2.34. The van der Waals surface area contributed by atoms with Crippen LogP contribution in [-0.2, 0) is 6.42 Å². The first-order valence-electron chi connectivity index (χ1n) is 4.09. The fraction of sp³-hybridized carbons (Fsp3) is 0.400. The van der Waals surface area contributed by atoms with E-state index in [9.17, 15) is 0 Å². The second kappa shape index (κ2) is 2.98. The van der Waals surface area contributed by atoms with Crippen LogP contribution in [0.3, 0.4) is 0 Å². The van der Waals surface area contributed by atoms with Crippen LogP contribution in [0.1, 0.15) is 18.4 Å². The lowest BCUT2D eigenvalue weighted by atomic mass is 10.1. The maximum Gasteiger partial charge on any atom is 0.0207 e. The Bertz CT molecular complexity index is 251. The highest BCUT2D eigenvalue weighted by molar-refractivity contribution is 9.10. The molecule has 0 aromatic heterocycles. The van der Waals surface area contributed by atoms with E-state index in [2.05, 4.69) is 40.2 Å². The maximum atomic E-state index is 3.55. The molecule has 1 heteroatoms. The van der Waals surface area contributed by atoms with Crippen molar-refractivity contribution in [3.63, 3.8) is 0 Å². The van der Waals surface area contributed by atoms with Crippen LogP contribution >= 0.6 is 15.9 Å². The molecule has 0 radical (unpaired) electrons. The first-order valence-corrected chi connectivity index (χ1v) is 4.89. The lowest BCUT2D eigenvalue weighted by Crippen LogP contribution is -1.87. The van der Waals surface area contributed by atoms with Gasteiger partial charge < -0.3 is 0 Å².